The number of para-hydroxylation sites is 1. The SMILES string of the molecule is CCc1cc2cccc(Cl)c2c(=O)n1-c1ccccc1.NCc1cccnc1N. The van der Waals surface area contributed by atoms with Crippen molar-refractivity contribution in [2.75, 3.05) is 5.73 Å². The largest absolute Gasteiger partial charge is 0.383 e. The minimum Gasteiger partial charge on any atom is -0.383 e. The lowest BCUT2D eigenvalue weighted by Gasteiger charge is -2.14. The van der Waals surface area contributed by atoms with Gasteiger partial charge >= 0.3 is 0 Å². The molecular weight excluding hydrogens is 384 g/mol. The summed E-state index contributed by atoms with van der Waals surface area (Å²) in [6, 6.07) is 20.9. The van der Waals surface area contributed by atoms with Crippen LogP contribution in [0.1, 0.15) is 18.2 Å². The summed E-state index contributed by atoms with van der Waals surface area (Å²) in [4.78, 5) is 16.7. The molecule has 4 rings (SSSR count). The Labute approximate surface area is 174 Å². The van der Waals surface area contributed by atoms with Crippen molar-refractivity contribution in [2.24, 2.45) is 5.73 Å². The standard InChI is InChI=1S/C17H14ClNO.C6H9N3/c1-2-13-11-12-7-6-10-15(18)16(12)17(20)19(13)14-8-4-3-5-9-14;7-4-5-2-1-3-9-6(5)8/h3-11H,2H2,1H3;1-3H,4,7H2,(H2,8,9). The topological polar surface area (TPSA) is 86.9 Å². The number of anilines is 1. The van der Waals surface area contributed by atoms with Crippen molar-refractivity contribution in [3.05, 3.63) is 99.6 Å². The van der Waals surface area contributed by atoms with Gasteiger partial charge in [-0.25, -0.2) is 4.98 Å². The third kappa shape index (κ3) is 4.47. The van der Waals surface area contributed by atoms with Crippen molar-refractivity contribution < 1.29 is 0 Å². The molecule has 0 bridgehead atoms. The second kappa shape index (κ2) is 9.37. The maximum Gasteiger partial charge on any atom is 0.264 e. The van der Waals surface area contributed by atoms with E-state index in [4.69, 9.17) is 23.1 Å². The number of hydrogen-bond donors (Lipinski definition) is 2. The van der Waals surface area contributed by atoms with Gasteiger partial charge in [-0.15, -0.1) is 0 Å². The normalized spacial score (nSPS) is 10.4. The fourth-order valence-electron chi connectivity index (χ4n) is 3.12. The van der Waals surface area contributed by atoms with Crippen molar-refractivity contribution in [1.82, 2.24) is 9.55 Å². The minimum atomic E-state index is -0.0591. The second-order valence-corrected chi connectivity index (χ2v) is 6.83. The Balaban J connectivity index is 0.000000224. The van der Waals surface area contributed by atoms with E-state index >= 15 is 0 Å². The molecule has 5 nitrogen and oxygen atoms in total. The first-order valence-corrected chi connectivity index (χ1v) is 9.72. The third-order valence-corrected chi connectivity index (χ3v) is 4.91. The highest BCUT2D eigenvalue weighted by Crippen LogP contribution is 2.22. The number of pyridine rings is 2. The van der Waals surface area contributed by atoms with Gasteiger partial charge in [0.2, 0.25) is 0 Å². The van der Waals surface area contributed by atoms with Crippen LogP contribution in [0.5, 0.6) is 0 Å². The van der Waals surface area contributed by atoms with E-state index in [1.165, 1.54) is 0 Å². The van der Waals surface area contributed by atoms with Crippen LogP contribution in [-0.2, 0) is 13.0 Å². The van der Waals surface area contributed by atoms with Crippen molar-refractivity contribution in [1.29, 1.82) is 0 Å². The second-order valence-electron chi connectivity index (χ2n) is 6.42. The number of halogens is 1. The Bertz CT molecular complexity index is 1170. The Morgan fingerprint density at radius 2 is 1.79 bits per heavy atom. The van der Waals surface area contributed by atoms with E-state index in [-0.39, 0.29) is 5.56 Å². The summed E-state index contributed by atoms with van der Waals surface area (Å²) in [5.41, 5.74) is 13.5. The van der Waals surface area contributed by atoms with E-state index < -0.39 is 0 Å². The smallest absolute Gasteiger partial charge is 0.264 e. The lowest BCUT2D eigenvalue weighted by atomic mass is 10.1. The van der Waals surface area contributed by atoms with Gasteiger partial charge in [-0.1, -0.05) is 54.9 Å². The zero-order valence-electron chi connectivity index (χ0n) is 16.2. The molecular formula is C23H23ClN4O. The number of nitrogens with zero attached hydrogens (tertiary/aromatic N) is 2. The van der Waals surface area contributed by atoms with Gasteiger partial charge in [0.05, 0.1) is 10.4 Å². The van der Waals surface area contributed by atoms with Crippen LogP contribution in [0.4, 0.5) is 5.82 Å². The third-order valence-electron chi connectivity index (χ3n) is 4.59. The number of benzene rings is 2. The highest BCUT2D eigenvalue weighted by atomic mass is 35.5. The number of nitrogen functional groups attached to an aromatic ring is 1. The average Bonchev–Trinajstić information content (AvgIpc) is 2.75. The molecule has 0 amide bonds. The molecule has 0 saturated carbocycles. The molecule has 2 aromatic carbocycles. The molecule has 0 spiro atoms. The molecule has 6 heteroatoms. The van der Waals surface area contributed by atoms with Crippen LogP contribution >= 0.6 is 11.6 Å². The predicted octanol–water partition coefficient (Wildman–Crippen LogP) is 4.33. The van der Waals surface area contributed by atoms with Gasteiger partial charge in [0.1, 0.15) is 5.82 Å². The first-order chi connectivity index (χ1) is 14.1. The van der Waals surface area contributed by atoms with Crippen LogP contribution in [0.3, 0.4) is 0 Å². The Morgan fingerprint density at radius 1 is 1.03 bits per heavy atom. The molecule has 0 fully saturated rings. The van der Waals surface area contributed by atoms with Gasteiger partial charge in [-0.3, -0.25) is 9.36 Å². The van der Waals surface area contributed by atoms with Crippen molar-refractivity contribution in [2.45, 2.75) is 19.9 Å². The number of aryl methyl sites for hydroxylation is 1. The Morgan fingerprint density at radius 3 is 2.41 bits per heavy atom. The van der Waals surface area contributed by atoms with Crippen LogP contribution < -0.4 is 17.0 Å². The van der Waals surface area contributed by atoms with E-state index in [0.717, 1.165) is 28.8 Å². The molecule has 0 saturated heterocycles. The summed E-state index contributed by atoms with van der Waals surface area (Å²) >= 11 is 6.20. The van der Waals surface area contributed by atoms with Crippen molar-refractivity contribution >= 4 is 28.2 Å². The first-order valence-electron chi connectivity index (χ1n) is 9.34. The van der Waals surface area contributed by atoms with Gasteiger partial charge in [0, 0.05) is 29.7 Å². The molecule has 0 radical (unpaired) electrons. The molecule has 4 aromatic rings. The summed E-state index contributed by atoms with van der Waals surface area (Å²) in [5.74, 6) is 0.528. The molecule has 2 heterocycles. The maximum absolute atomic E-state index is 12.8. The Kier molecular flexibility index (Phi) is 6.65. The molecule has 29 heavy (non-hydrogen) atoms. The van der Waals surface area contributed by atoms with Gasteiger partial charge < -0.3 is 11.5 Å². The number of rotatable bonds is 3. The average molecular weight is 407 g/mol. The van der Waals surface area contributed by atoms with Gasteiger partial charge in [0.15, 0.2) is 0 Å². The summed E-state index contributed by atoms with van der Waals surface area (Å²) in [6.45, 7) is 2.50. The van der Waals surface area contributed by atoms with E-state index in [1.54, 1.807) is 16.8 Å². The molecule has 4 N–H and O–H groups in total. The van der Waals surface area contributed by atoms with Crippen LogP contribution in [-0.4, -0.2) is 9.55 Å². The van der Waals surface area contributed by atoms with Crippen LogP contribution in [0.25, 0.3) is 16.5 Å². The number of aromatic nitrogens is 2. The van der Waals surface area contributed by atoms with E-state index in [1.807, 2.05) is 67.6 Å². The van der Waals surface area contributed by atoms with E-state index in [2.05, 4.69) is 4.98 Å². The summed E-state index contributed by atoms with van der Waals surface area (Å²) in [5, 5.41) is 1.97. The van der Waals surface area contributed by atoms with Gasteiger partial charge in [-0.05, 0) is 42.1 Å². The van der Waals surface area contributed by atoms with Crippen molar-refractivity contribution in [3.63, 3.8) is 0 Å². The van der Waals surface area contributed by atoms with Gasteiger partial charge in [-0.2, -0.15) is 0 Å². The molecule has 0 aliphatic heterocycles. The first kappa shape index (κ1) is 20.6. The maximum atomic E-state index is 12.8. The predicted molar refractivity (Wildman–Crippen MR) is 120 cm³/mol. The fraction of sp³-hybridized carbons (Fsp3) is 0.130. The van der Waals surface area contributed by atoms with E-state index in [0.29, 0.717) is 22.8 Å². The van der Waals surface area contributed by atoms with Gasteiger partial charge in [0.25, 0.3) is 5.56 Å². The summed E-state index contributed by atoms with van der Waals surface area (Å²) in [6.07, 6.45) is 2.43. The fourth-order valence-corrected chi connectivity index (χ4v) is 3.38. The number of hydrogen-bond acceptors (Lipinski definition) is 4. The lowest BCUT2D eigenvalue weighted by molar-refractivity contribution is 0.889. The van der Waals surface area contributed by atoms with Crippen LogP contribution in [0.2, 0.25) is 5.02 Å². The lowest BCUT2D eigenvalue weighted by Crippen LogP contribution is -2.22. The summed E-state index contributed by atoms with van der Waals surface area (Å²) < 4.78 is 1.74. The zero-order chi connectivity index (χ0) is 20.8. The number of fused-ring (bicyclic) bond motifs is 1. The highest BCUT2D eigenvalue weighted by Gasteiger charge is 2.11. The molecule has 0 unspecified atom stereocenters. The highest BCUT2D eigenvalue weighted by molar-refractivity contribution is 6.35. The minimum absolute atomic E-state index is 0.0591. The quantitative estimate of drug-likeness (QED) is 0.530. The van der Waals surface area contributed by atoms with Crippen LogP contribution in [0, 0.1) is 0 Å². The summed E-state index contributed by atoms with van der Waals surface area (Å²) in [7, 11) is 0. The monoisotopic (exact) mass is 406 g/mol. The molecule has 0 atom stereocenters. The molecule has 148 valence electrons. The Hall–Kier alpha value is -3.15. The van der Waals surface area contributed by atoms with Crippen LogP contribution in [0.15, 0.2) is 77.7 Å². The zero-order valence-corrected chi connectivity index (χ0v) is 16.9. The van der Waals surface area contributed by atoms with Crippen molar-refractivity contribution in [3.8, 4) is 5.69 Å². The molecule has 0 aliphatic carbocycles. The van der Waals surface area contributed by atoms with E-state index in [9.17, 15) is 4.79 Å². The molecule has 0 aliphatic rings. The molecule has 2 aromatic heterocycles. The number of nitrogens with two attached hydrogens (primary N) is 2.